The molecule has 0 bridgehead atoms. The monoisotopic (exact) mass is 623 g/mol. The summed E-state index contributed by atoms with van der Waals surface area (Å²) in [7, 11) is 2.15. The van der Waals surface area contributed by atoms with Crippen LogP contribution in [0.4, 0.5) is 0 Å². The summed E-state index contributed by atoms with van der Waals surface area (Å²) >= 11 is 0. The van der Waals surface area contributed by atoms with Gasteiger partial charge in [0.1, 0.15) is 12.2 Å². The summed E-state index contributed by atoms with van der Waals surface area (Å²) in [6, 6.07) is 0. The quantitative estimate of drug-likeness (QED) is 0.123. The number of terminal acetylenes is 1. The van der Waals surface area contributed by atoms with Crippen LogP contribution in [0, 0.1) is 48.1 Å². The summed E-state index contributed by atoms with van der Waals surface area (Å²) in [4.78, 5) is 33.3. The Balaban J connectivity index is -0.000000506. The van der Waals surface area contributed by atoms with Gasteiger partial charge in [0.25, 0.3) is 0 Å². The number of ether oxygens (including phenoxy) is 2. The van der Waals surface area contributed by atoms with Gasteiger partial charge in [0, 0.05) is 78.8 Å². The summed E-state index contributed by atoms with van der Waals surface area (Å²) in [5, 5.41) is 1.86. The van der Waals surface area contributed by atoms with Gasteiger partial charge in [0.15, 0.2) is 6.11 Å². The molecule has 0 amide bonds. The number of hydrogen-bond acceptors (Lipinski definition) is 7. The number of unbranched alkanes of at least 4 members (excludes halogenated alkanes) is 5. The number of hydrogen-bond donors (Lipinski definition) is 0. The summed E-state index contributed by atoms with van der Waals surface area (Å²) in [6.45, 7) is 17.1. The van der Waals surface area contributed by atoms with Gasteiger partial charge in [-0.1, -0.05) is 25.7 Å². The smallest absolute Gasteiger partial charge is 0.306 e. The number of likely N-dealkylation sites (tertiary alicyclic amines) is 1. The number of hydroxylamine groups is 2. The minimum absolute atomic E-state index is 0. The number of piperidine rings is 2. The van der Waals surface area contributed by atoms with Crippen LogP contribution in [0.15, 0.2) is 0 Å². The summed E-state index contributed by atoms with van der Waals surface area (Å²) < 4.78 is 11.8. The molecule has 0 aromatic rings. The van der Waals surface area contributed by atoms with Crippen molar-refractivity contribution in [1.82, 2.24) is 9.96 Å². The Labute approximate surface area is 279 Å². The van der Waals surface area contributed by atoms with Crippen molar-refractivity contribution in [3.05, 3.63) is 0 Å². The molecule has 7 nitrogen and oxygen atoms in total. The molecule has 2 aliphatic rings. The molecule has 2 rings (SSSR count). The highest BCUT2D eigenvalue weighted by atomic mass is 16.7. The van der Waals surface area contributed by atoms with Gasteiger partial charge in [-0.2, -0.15) is 0 Å². The predicted octanol–water partition coefficient (Wildman–Crippen LogP) is 8.37. The first kappa shape index (κ1) is 37.1. The third-order valence-corrected chi connectivity index (χ3v) is 8.94. The van der Waals surface area contributed by atoms with Crippen LogP contribution in [0.2, 0.25) is 0 Å². The lowest BCUT2D eigenvalue weighted by atomic mass is 9.79. The zero-order chi connectivity index (χ0) is 33.0. The van der Waals surface area contributed by atoms with Gasteiger partial charge >= 0.3 is 11.9 Å². The van der Waals surface area contributed by atoms with Gasteiger partial charge in [-0.15, -0.1) is 11.5 Å². The second-order valence-electron chi connectivity index (χ2n) is 14.7. The van der Waals surface area contributed by atoms with E-state index in [1.165, 1.54) is 0 Å². The van der Waals surface area contributed by atoms with Crippen molar-refractivity contribution in [2.24, 2.45) is 0 Å². The lowest BCUT2D eigenvalue weighted by molar-refractivity contribution is -0.255. The number of nitrogens with zero attached hydrogens (tertiary/aromatic N) is 2. The molecule has 0 unspecified atom stereocenters. The predicted molar refractivity (Wildman–Crippen MR) is 191 cm³/mol. The van der Waals surface area contributed by atoms with E-state index < -0.39 is 11.1 Å². The second kappa shape index (κ2) is 16.3. The minimum atomic E-state index is -0.398. The van der Waals surface area contributed by atoms with Crippen molar-refractivity contribution in [1.29, 1.82) is 0 Å². The van der Waals surface area contributed by atoms with Crippen LogP contribution < -0.4 is 0 Å². The van der Waals surface area contributed by atoms with E-state index in [1.807, 2.05) is 5.06 Å². The van der Waals surface area contributed by atoms with E-state index in [1.54, 1.807) is 0 Å². The fourth-order valence-corrected chi connectivity index (χ4v) is 6.82. The Morgan fingerprint density at radius 3 is 1.50 bits per heavy atom. The van der Waals surface area contributed by atoms with Crippen molar-refractivity contribution in [3.63, 3.8) is 0 Å². The van der Waals surface area contributed by atoms with Crippen LogP contribution in [0.25, 0.3) is 0 Å². The highest BCUT2D eigenvalue weighted by Crippen LogP contribution is 2.40. The number of rotatable bonds is 12. The number of esters is 2. The first-order valence-corrected chi connectivity index (χ1v) is 16.1. The average Bonchev–Trinajstić information content (AvgIpc) is 2.88. The third kappa shape index (κ3) is 11.8. The maximum atomic E-state index is 12.6. The molecule has 0 aromatic carbocycles. The van der Waals surface area contributed by atoms with E-state index in [0.29, 0.717) is 25.7 Å². The molecule has 2 saturated heterocycles. The zero-order valence-electron chi connectivity index (χ0n) is 28.7. The average molecular weight is 623 g/mol. The van der Waals surface area contributed by atoms with Gasteiger partial charge in [-0.25, -0.2) is 0 Å². The number of carbonyl (C=O) groups is 2. The molecule has 44 heavy (non-hydrogen) atoms. The molecule has 0 N–H and O–H groups in total. The van der Waals surface area contributed by atoms with E-state index >= 15 is 0 Å². The van der Waals surface area contributed by atoms with Gasteiger partial charge in [0.05, 0.1) is 11.1 Å². The van der Waals surface area contributed by atoms with E-state index in [0.717, 1.165) is 51.4 Å². The molecule has 258 valence electrons. The first-order chi connectivity index (χ1) is 20.5. The van der Waals surface area contributed by atoms with Crippen LogP contribution in [0.3, 0.4) is 0 Å². The Hall–Kier alpha value is -3.10. The van der Waals surface area contributed by atoms with Crippen LogP contribution >= 0.6 is 0 Å². The molecule has 0 aromatic heterocycles. The lowest BCUT2D eigenvalue weighted by Gasteiger charge is -2.53. The zero-order valence-corrected chi connectivity index (χ0v) is 28.7. The maximum absolute atomic E-state index is 12.6. The third-order valence-electron chi connectivity index (χ3n) is 8.94. The number of carbonyl (C=O) groups excluding carboxylic acids is 2. The van der Waals surface area contributed by atoms with Crippen molar-refractivity contribution in [2.45, 2.75) is 167 Å². The highest BCUT2D eigenvalue weighted by Gasteiger charge is 2.49. The fourth-order valence-electron chi connectivity index (χ4n) is 6.82. The lowest BCUT2D eigenvalue weighted by Crippen LogP contribution is -2.61. The van der Waals surface area contributed by atoms with Crippen LogP contribution in [-0.2, 0) is 23.9 Å². The Bertz CT molecular complexity index is 1220. The van der Waals surface area contributed by atoms with Gasteiger partial charge in [0.2, 0.25) is 0 Å². The summed E-state index contributed by atoms with van der Waals surface area (Å²) in [6.07, 6.45) is 17.1. The van der Waals surface area contributed by atoms with Crippen molar-refractivity contribution in [3.8, 4) is 48.1 Å². The maximum Gasteiger partial charge on any atom is 0.306 e. The fraction of sp³-hybridized carbons (Fsp3) is 0.730. The van der Waals surface area contributed by atoms with E-state index in [9.17, 15) is 9.59 Å². The van der Waals surface area contributed by atoms with Gasteiger partial charge < -0.3 is 14.3 Å². The molecule has 7 heteroatoms. The van der Waals surface area contributed by atoms with Gasteiger partial charge in [-0.05, 0) is 93.0 Å². The molecule has 2 heterocycles. The van der Waals surface area contributed by atoms with E-state index in [-0.39, 0.29) is 46.6 Å². The SMILES string of the molecule is C#CC#CC#CC#CON1C(C)(C)CC(OC(=O)CCCCCCCCC(=O)OC2CC(C)(C)N(C)C(C)(C)C2)CC1(C)C.[HH].[HH].[HH].[HH].[HH].[HH].[HH].[HH]. The highest BCUT2D eigenvalue weighted by molar-refractivity contribution is 5.70. The van der Waals surface area contributed by atoms with Crippen molar-refractivity contribution in [2.75, 3.05) is 7.05 Å². The van der Waals surface area contributed by atoms with E-state index in [2.05, 4.69) is 109 Å². The molecule has 0 radical (unpaired) electrons. The Morgan fingerprint density at radius 2 is 1.05 bits per heavy atom. The first-order valence-electron chi connectivity index (χ1n) is 16.1. The van der Waals surface area contributed by atoms with Crippen LogP contribution in [0.5, 0.6) is 0 Å². The molecule has 0 saturated carbocycles. The topological polar surface area (TPSA) is 68.3 Å². The Morgan fingerprint density at radius 1 is 0.659 bits per heavy atom. The Kier molecular flexibility index (Phi) is 13.7. The summed E-state index contributed by atoms with van der Waals surface area (Å²) in [5.74, 6) is 14.6. The molecule has 2 aliphatic heterocycles. The minimum Gasteiger partial charge on any atom is -0.462 e. The standard InChI is InChI=1S/C37H54N2O5.8H2/c1-11-12-13-14-19-22-25-42-39-36(6,7)28-31(29-37(39,8)9)44-33(41)24-21-18-16-15-17-20-23-32(40)43-30-26-34(2,3)38(10)35(4,5)27-30;;;;;;;;/h1,30-31H,15-18,20-21,23-24,26-29H2,2-10H3;8*1H. The molecular weight excluding hydrogens is 552 g/mol. The molecule has 2 fully saturated rings. The van der Waals surface area contributed by atoms with E-state index in [4.69, 9.17) is 20.7 Å². The normalized spacial score (nSPS) is 20.7. The second-order valence-corrected chi connectivity index (χ2v) is 14.7. The van der Waals surface area contributed by atoms with Crippen LogP contribution in [-0.4, -0.2) is 63.3 Å². The largest absolute Gasteiger partial charge is 0.462 e. The van der Waals surface area contributed by atoms with Crippen LogP contribution in [0.1, 0.15) is 144 Å². The molecule has 0 atom stereocenters. The molecule has 0 spiro atoms. The van der Waals surface area contributed by atoms with Crippen molar-refractivity contribution >= 4 is 11.9 Å². The molecular formula is C37H70N2O5. The van der Waals surface area contributed by atoms with Crippen molar-refractivity contribution < 1.29 is 35.3 Å². The summed E-state index contributed by atoms with van der Waals surface area (Å²) in [5.41, 5.74) is -0.787. The van der Waals surface area contributed by atoms with Gasteiger partial charge in [-0.3, -0.25) is 14.5 Å². The molecule has 0 aliphatic carbocycles.